The first-order chi connectivity index (χ1) is 8.42. The number of ether oxygens (including phenoxy) is 1. The fraction of sp³-hybridized carbons (Fsp3) is 0.250. The molecule has 0 radical (unpaired) electrons. The average Bonchev–Trinajstić information content (AvgIpc) is 2.16. The van der Waals surface area contributed by atoms with Gasteiger partial charge in [-0.05, 0) is 6.07 Å². The fourth-order valence-corrected chi connectivity index (χ4v) is 1.08. The van der Waals surface area contributed by atoms with Crippen molar-refractivity contribution in [3.8, 4) is 5.75 Å². The van der Waals surface area contributed by atoms with Gasteiger partial charge in [-0.2, -0.15) is 13.2 Å². The van der Waals surface area contributed by atoms with E-state index in [1.54, 1.807) is 0 Å². The Balaban J connectivity index is 3.49. The van der Waals surface area contributed by atoms with E-state index in [-0.39, 0.29) is 6.07 Å². The van der Waals surface area contributed by atoms with E-state index in [9.17, 15) is 35.9 Å². The molecule has 0 aliphatic rings. The molecule has 106 valence electrons. The molecule has 0 spiro atoms. The van der Waals surface area contributed by atoms with Gasteiger partial charge in [-0.3, -0.25) is 4.79 Å². The monoisotopic (exact) mass is 291 g/mol. The van der Waals surface area contributed by atoms with Gasteiger partial charge >= 0.3 is 18.5 Å². The molecule has 2 N–H and O–H groups in total. The molecule has 0 amide bonds. The molecule has 0 unspecified atom stereocenters. The van der Waals surface area contributed by atoms with Crippen LogP contribution in [0.2, 0.25) is 0 Å². The maximum Gasteiger partial charge on any atom is 0.573 e. The molecule has 5 nitrogen and oxygen atoms in total. The lowest BCUT2D eigenvalue weighted by atomic mass is 10.2. The standard InChI is InChI=1S/C8H3F6NO4/c9-7(10,11)3-1-2(6(17)18)4(5(16)15-3)19-8(12,13)14/h1H,(H,15,16)(H,17,18). The number of carboxylic acids is 1. The highest BCUT2D eigenvalue weighted by Crippen LogP contribution is 2.30. The summed E-state index contributed by atoms with van der Waals surface area (Å²) in [6.45, 7) is 0. The van der Waals surface area contributed by atoms with Gasteiger partial charge in [0.25, 0.3) is 5.56 Å². The third-order valence-corrected chi connectivity index (χ3v) is 1.74. The number of nitrogens with one attached hydrogen (secondary N) is 1. The Labute approximate surface area is 99.0 Å². The van der Waals surface area contributed by atoms with Gasteiger partial charge in [-0.1, -0.05) is 0 Å². The van der Waals surface area contributed by atoms with Crippen LogP contribution in [0.1, 0.15) is 16.1 Å². The normalized spacial score (nSPS) is 12.3. The van der Waals surface area contributed by atoms with Gasteiger partial charge < -0.3 is 14.8 Å². The van der Waals surface area contributed by atoms with Crippen molar-refractivity contribution >= 4 is 5.97 Å². The SMILES string of the molecule is O=C(O)c1cc(C(F)(F)F)[nH]c(=O)c1OC(F)(F)F. The van der Waals surface area contributed by atoms with Crippen LogP contribution in [0.15, 0.2) is 10.9 Å². The van der Waals surface area contributed by atoms with Crippen molar-refractivity contribution in [2.75, 3.05) is 0 Å². The molecule has 1 aromatic heterocycles. The van der Waals surface area contributed by atoms with Crippen LogP contribution in [0.5, 0.6) is 5.75 Å². The predicted octanol–water partition coefficient (Wildman–Crippen LogP) is 1.99. The van der Waals surface area contributed by atoms with Crippen molar-refractivity contribution < 1.29 is 41.0 Å². The third-order valence-electron chi connectivity index (χ3n) is 1.74. The van der Waals surface area contributed by atoms with E-state index in [1.807, 2.05) is 0 Å². The van der Waals surface area contributed by atoms with E-state index < -0.39 is 41.1 Å². The lowest BCUT2D eigenvalue weighted by molar-refractivity contribution is -0.275. The summed E-state index contributed by atoms with van der Waals surface area (Å²) in [5.41, 5.74) is -5.30. The molecule has 0 saturated heterocycles. The molecule has 0 aliphatic carbocycles. The van der Waals surface area contributed by atoms with Gasteiger partial charge in [0.2, 0.25) is 5.75 Å². The van der Waals surface area contributed by atoms with Crippen LogP contribution < -0.4 is 10.3 Å². The predicted molar refractivity (Wildman–Crippen MR) is 45.7 cm³/mol. The molecule has 1 heterocycles. The minimum Gasteiger partial charge on any atom is -0.478 e. The van der Waals surface area contributed by atoms with Crippen LogP contribution in [0, 0.1) is 0 Å². The zero-order valence-electron chi connectivity index (χ0n) is 8.52. The zero-order valence-corrected chi connectivity index (χ0v) is 8.52. The van der Waals surface area contributed by atoms with Crippen LogP contribution in [0.3, 0.4) is 0 Å². The highest BCUT2D eigenvalue weighted by atomic mass is 19.4. The van der Waals surface area contributed by atoms with Crippen LogP contribution in [-0.2, 0) is 6.18 Å². The lowest BCUT2D eigenvalue weighted by Gasteiger charge is -2.12. The Hall–Kier alpha value is -2.20. The second kappa shape index (κ2) is 4.48. The maximum absolute atomic E-state index is 12.3. The topological polar surface area (TPSA) is 79.4 Å². The number of H-pyrrole nitrogens is 1. The highest BCUT2D eigenvalue weighted by molar-refractivity contribution is 5.90. The van der Waals surface area contributed by atoms with Gasteiger partial charge in [-0.15, -0.1) is 13.2 Å². The van der Waals surface area contributed by atoms with Gasteiger partial charge in [0.15, 0.2) is 0 Å². The van der Waals surface area contributed by atoms with Crippen LogP contribution in [0.25, 0.3) is 0 Å². The molecule has 0 fully saturated rings. The van der Waals surface area contributed by atoms with Crippen molar-refractivity contribution in [3.63, 3.8) is 0 Å². The number of carboxylic acid groups (broad SMARTS) is 1. The first kappa shape index (κ1) is 14.9. The smallest absolute Gasteiger partial charge is 0.478 e. The molecule has 0 aliphatic heterocycles. The number of aromatic carboxylic acids is 1. The first-order valence-electron chi connectivity index (χ1n) is 4.25. The Morgan fingerprint density at radius 3 is 2.11 bits per heavy atom. The second-order valence-corrected chi connectivity index (χ2v) is 3.11. The summed E-state index contributed by atoms with van der Waals surface area (Å²) in [5, 5.41) is 8.51. The molecule has 1 rings (SSSR count). The summed E-state index contributed by atoms with van der Waals surface area (Å²) in [5.74, 6) is -3.94. The van der Waals surface area contributed by atoms with E-state index in [0.717, 1.165) is 4.98 Å². The minimum atomic E-state index is -5.42. The van der Waals surface area contributed by atoms with Gasteiger partial charge in [0.05, 0.1) is 0 Å². The number of carbonyl (C=O) groups is 1. The molecule has 1 aromatic rings. The number of aromatic amines is 1. The van der Waals surface area contributed by atoms with Crippen molar-refractivity contribution in [1.82, 2.24) is 4.98 Å². The number of hydrogen-bond donors (Lipinski definition) is 2. The van der Waals surface area contributed by atoms with E-state index in [2.05, 4.69) is 4.74 Å². The van der Waals surface area contributed by atoms with Crippen molar-refractivity contribution in [2.45, 2.75) is 12.5 Å². The summed E-state index contributed by atoms with van der Waals surface area (Å²) >= 11 is 0. The molecule has 0 saturated carbocycles. The largest absolute Gasteiger partial charge is 0.573 e. The summed E-state index contributed by atoms with van der Waals surface area (Å²) in [6, 6.07) is -0.162. The van der Waals surface area contributed by atoms with Gasteiger partial charge in [-0.25, -0.2) is 4.79 Å². The summed E-state index contributed by atoms with van der Waals surface area (Å²) < 4.78 is 75.6. The number of alkyl halides is 6. The summed E-state index contributed by atoms with van der Waals surface area (Å²) in [6.07, 6.45) is -10.5. The number of halogens is 6. The number of rotatable bonds is 2. The van der Waals surface area contributed by atoms with Crippen LogP contribution in [-0.4, -0.2) is 22.4 Å². The quantitative estimate of drug-likeness (QED) is 0.817. The van der Waals surface area contributed by atoms with Crippen LogP contribution in [0.4, 0.5) is 26.3 Å². The molecule has 0 aromatic carbocycles. The number of aromatic nitrogens is 1. The summed E-state index contributed by atoms with van der Waals surface area (Å²) in [4.78, 5) is 22.7. The second-order valence-electron chi connectivity index (χ2n) is 3.11. The molecular formula is C8H3F6NO4. The average molecular weight is 291 g/mol. The number of hydrogen-bond acceptors (Lipinski definition) is 3. The fourth-order valence-electron chi connectivity index (χ4n) is 1.08. The molecular weight excluding hydrogens is 288 g/mol. The van der Waals surface area contributed by atoms with Gasteiger partial charge in [0.1, 0.15) is 11.3 Å². The molecule has 0 atom stereocenters. The summed E-state index contributed by atoms with van der Waals surface area (Å²) in [7, 11) is 0. The highest BCUT2D eigenvalue weighted by Gasteiger charge is 2.38. The van der Waals surface area contributed by atoms with Crippen molar-refractivity contribution in [2.24, 2.45) is 0 Å². The number of pyridine rings is 1. The lowest BCUT2D eigenvalue weighted by Crippen LogP contribution is -2.27. The Morgan fingerprint density at radius 1 is 1.21 bits per heavy atom. The van der Waals surface area contributed by atoms with Crippen molar-refractivity contribution in [3.05, 3.63) is 27.7 Å². The van der Waals surface area contributed by atoms with E-state index >= 15 is 0 Å². The Kier molecular flexibility index (Phi) is 3.50. The third kappa shape index (κ3) is 3.63. The molecule has 11 heteroatoms. The van der Waals surface area contributed by atoms with E-state index in [1.165, 1.54) is 0 Å². The Bertz CT molecular complexity index is 558. The van der Waals surface area contributed by atoms with E-state index in [4.69, 9.17) is 5.11 Å². The minimum absolute atomic E-state index is 0.162. The van der Waals surface area contributed by atoms with Crippen molar-refractivity contribution in [1.29, 1.82) is 0 Å². The molecule has 0 bridgehead atoms. The first-order valence-corrected chi connectivity index (χ1v) is 4.25. The zero-order chi connectivity index (χ0) is 15.0. The molecule has 19 heavy (non-hydrogen) atoms. The van der Waals surface area contributed by atoms with E-state index in [0.29, 0.717) is 0 Å². The Morgan fingerprint density at radius 2 is 1.74 bits per heavy atom. The van der Waals surface area contributed by atoms with Crippen LogP contribution >= 0.6 is 0 Å². The maximum atomic E-state index is 12.3. The van der Waals surface area contributed by atoms with Gasteiger partial charge in [0, 0.05) is 0 Å².